The van der Waals surface area contributed by atoms with E-state index in [-0.39, 0.29) is 11.8 Å². The van der Waals surface area contributed by atoms with Gasteiger partial charge in [-0.15, -0.1) is 0 Å². The first-order valence-corrected chi connectivity index (χ1v) is 9.52. The highest BCUT2D eigenvalue weighted by Crippen LogP contribution is 2.33. The van der Waals surface area contributed by atoms with Gasteiger partial charge in [0, 0.05) is 25.2 Å². The SMILES string of the molecule is CCNC(=O)C(C)NC(=O)c1c(N2CCCC2)noc1-c1ccc(OC)cc1. The number of hydrogen-bond donors (Lipinski definition) is 2. The summed E-state index contributed by atoms with van der Waals surface area (Å²) >= 11 is 0. The normalized spacial score (nSPS) is 14.6. The van der Waals surface area contributed by atoms with Crippen LogP contribution in [0.2, 0.25) is 0 Å². The lowest BCUT2D eigenvalue weighted by Gasteiger charge is -2.17. The van der Waals surface area contributed by atoms with Crippen molar-refractivity contribution in [2.24, 2.45) is 0 Å². The molecule has 0 spiro atoms. The highest BCUT2D eigenvalue weighted by molar-refractivity contribution is 6.05. The summed E-state index contributed by atoms with van der Waals surface area (Å²) in [5.41, 5.74) is 1.07. The highest BCUT2D eigenvalue weighted by Gasteiger charge is 2.30. The Hall–Kier alpha value is -3.03. The van der Waals surface area contributed by atoms with E-state index in [4.69, 9.17) is 9.26 Å². The minimum absolute atomic E-state index is 0.235. The van der Waals surface area contributed by atoms with E-state index >= 15 is 0 Å². The fourth-order valence-electron chi connectivity index (χ4n) is 3.23. The van der Waals surface area contributed by atoms with E-state index in [2.05, 4.69) is 15.8 Å². The molecule has 28 heavy (non-hydrogen) atoms. The van der Waals surface area contributed by atoms with E-state index in [1.54, 1.807) is 26.2 Å². The smallest absolute Gasteiger partial charge is 0.259 e. The molecule has 1 atom stereocenters. The van der Waals surface area contributed by atoms with Gasteiger partial charge in [-0.25, -0.2) is 0 Å². The largest absolute Gasteiger partial charge is 0.497 e. The van der Waals surface area contributed by atoms with Gasteiger partial charge in [0.15, 0.2) is 11.6 Å². The van der Waals surface area contributed by atoms with Gasteiger partial charge in [0.2, 0.25) is 5.91 Å². The van der Waals surface area contributed by atoms with Crippen LogP contribution >= 0.6 is 0 Å². The fourth-order valence-corrected chi connectivity index (χ4v) is 3.23. The number of hydrogen-bond acceptors (Lipinski definition) is 6. The topological polar surface area (TPSA) is 96.7 Å². The number of nitrogens with one attached hydrogen (secondary N) is 2. The number of ether oxygens (including phenoxy) is 1. The number of benzene rings is 1. The van der Waals surface area contributed by atoms with Gasteiger partial charge in [-0.3, -0.25) is 9.59 Å². The second-order valence-electron chi connectivity index (χ2n) is 6.72. The van der Waals surface area contributed by atoms with Crippen LogP contribution in [-0.4, -0.2) is 49.8 Å². The van der Waals surface area contributed by atoms with E-state index in [0.717, 1.165) is 31.5 Å². The Labute approximate surface area is 164 Å². The van der Waals surface area contributed by atoms with Crippen molar-refractivity contribution in [1.29, 1.82) is 0 Å². The summed E-state index contributed by atoms with van der Waals surface area (Å²) in [5.74, 6) is 0.988. The predicted molar refractivity (Wildman–Crippen MR) is 106 cm³/mol. The Balaban J connectivity index is 1.94. The number of aromatic nitrogens is 1. The molecule has 0 aliphatic carbocycles. The van der Waals surface area contributed by atoms with Crippen LogP contribution in [0.15, 0.2) is 28.8 Å². The molecule has 1 aromatic carbocycles. The van der Waals surface area contributed by atoms with Gasteiger partial charge in [-0.1, -0.05) is 5.16 Å². The summed E-state index contributed by atoms with van der Waals surface area (Å²) in [4.78, 5) is 27.1. The monoisotopic (exact) mass is 386 g/mol. The molecular formula is C20H26N4O4. The molecule has 0 bridgehead atoms. The number of amides is 2. The van der Waals surface area contributed by atoms with Crippen LogP contribution in [0.25, 0.3) is 11.3 Å². The Morgan fingerprint density at radius 1 is 1.25 bits per heavy atom. The lowest BCUT2D eigenvalue weighted by molar-refractivity contribution is -0.122. The van der Waals surface area contributed by atoms with Gasteiger partial charge in [0.1, 0.15) is 17.4 Å². The second-order valence-corrected chi connectivity index (χ2v) is 6.72. The molecule has 1 fully saturated rings. The molecule has 1 aliphatic heterocycles. The summed E-state index contributed by atoms with van der Waals surface area (Å²) in [6, 6.07) is 6.56. The summed E-state index contributed by atoms with van der Waals surface area (Å²) in [6.07, 6.45) is 2.09. The van der Waals surface area contributed by atoms with Crippen LogP contribution in [0.1, 0.15) is 37.0 Å². The number of methoxy groups -OCH3 is 1. The summed E-state index contributed by atoms with van der Waals surface area (Å²) in [5, 5.41) is 9.65. The van der Waals surface area contributed by atoms with Crippen LogP contribution in [0.5, 0.6) is 5.75 Å². The van der Waals surface area contributed by atoms with Crippen LogP contribution < -0.4 is 20.3 Å². The number of carbonyl (C=O) groups excluding carboxylic acids is 2. The van der Waals surface area contributed by atoms with Crippen molar-refractivity contribution in [2.75, 3.05) is 31.6 Å². The van der Waals surface area contributed by atoms with Gasteiger partial charge in [0.25, 0.3) is 5.91 Å². The molecule has 0 saturated carbocycles. The molecule has 2 amide bonds. The highest BCUT2D eigenvalue weighted by atomic mass is 16.5. The number of nitrogens with zero attached hydrogens (tertiary/aromatic N) is 2. The second kappa shape index (κ2) is 8.77. The molecule has 1 unspecified atom stereocenters. The molecule has 0 radical (unpaired) electrons. The first kappa shape index (κ1) is 19.7. The van der Waals surface area contributed by atoms with E-state index < -0.39 is 6.04 Å². The standard InChI is InChI=1S/C20H26N4O4/c1-4-21-19(25)13(2)22-20(26)16-17(14-7-9-15(27-3)10-8-14)28-23-18(16)24-11-5-6-12-24/h7-10,13H,4-6,11-12H2,1-3H3,(H,21,25)(H,22,26). The molecule has 3 rings (SSSR count). The molecular weight excluding hydrogens is 360 g/mol. The molecule has 2 N–H and O–H groups in total. The fraction of sp³-hybridized carbons (Fsp3) is 0.450. The van der Waals surface area contributed by atoms with Gasteiger partial charge in [-0.05, 0) is 51.0 Å². The number of carbonyl (C=O) groups is 2. The Kier molecular flexibility index (Phi) is 6.18. The molecule has 2 heterocycles. The third-order valence-electron chi connectivity index (χ3n) is 4.75. The van der Waals surface area contributed by atoms with E-state index in [1.165, 1.54) is 0 Å². The summed E-state index contributed by atoms with van der Waals surface area (Å²) < 4.78 is 10.8. The number of anilines is 1. The van der Waals surface area contributed by atoms with Crippen molar-refractivity contribution >= 4 is 17.6 Å². The Bertz CT molecular complexity index is 825. The molecule has 2 aromatic rings. The van der Waals surface area contributed by atoms with Gasteiger partial charge in [-0.2, -0.15) is 0 Å². The molecule has 8 heteroatoms. The Morgan fingerprint density at radius 3 is 2.54 bits per heavy atom. The van der Waals surface area contributed by atoms with E-state index in [1.807, 2.05) is 24.0 Å². The van der Waals surface area contributed by atoms with Crippen molar-refractivity contribution in [1.82, 2.24) is 15.8 Å². The van der Waals surface area contributed by atoms with Crippen molar-refractivity contribution in [3.05, 3.63) is 29.8 Å². The van der Waals surface area contributed by atoms with Gasteiger partial charge in [0.05, 0.1) is 7.11 Å². The zero-order valence-electron chi connectivity index (χ0n) is 16.4. The third-order valence-corrected chi connectivity index (χ3v) is 4.75. The van der Waals surface area contributed by atoms with Gasteiger partial charge < -0.3 is 24.8 Å². The predicted octanol–water partition coefficient (Wildman–Crippen LogP) is 2.20. The molecule has 1 aliphatic rings. The first-order chi connectivity index (χ1) is 13.5. The third kappa shape index (κ3) is 4.11. The molecule has 8 nitrogen and oxygen atoms in total. The minimum atomic E-state index is -0.669. The van der Waals surface area contributed by atoms with Crippen molar-refractivity contribution in [3.8, 4) is 17.1 Å². The molecule has 150 valence electrons. The molecule has 1 aromatic heterocycles. The maximum Gasteiger partial charge on any atom is 0.259 e. The Morgan fingerprint density at radius 2 is 1.93 bits per heavy atom. The van der Waals surface area contributed by atoms with E-state index in [9.17, 15) is 9.59 Å². The summed E-state index contributed by atoms with van der Waals surface area (Å²) in [6.45, 7) is 5.63. The quantitative estimate of drug-likeness (QED) is 0.757. The lowest BCUT2D eigenvalue weighted by Crippen LogP contribution is -2.45. The summed E-state index contributed by atoms with van der Waals surface area (Å²) in [7, 11) is 1.59. The average molecular weight is 386 g/mol. The zero-order chi connectivity index (χ0) is 20.1. The van der Waals surface area contributed by atoms with Gasteiger partial charge >= 0.3 is 0 Å². The zero-order valence-corrected chi connectivity index (χ0v) is 16.4. The van der Waals surface area contributed by atoms with Crippen LogP contribution in [0.4, 0.5) is 5.82 Å². The number of likely N-dealkylation sites (N-methyl/N-ethyl adjacent to an activating group) is 1. The lowest BCUT2D eigenvalue weighted by atomic mass is 10.1. The number of rotatable bonds is 7. The minimum Gasteiger partial charge on any atom is -0.497 e. The molecule has 1 saturated heterocycles. The van der Waals surface area contributed by atoms with Crippen LogP contribution in [0, 0.1) is 0 Å². The maximum absolute atomic E-state index is 13.1. The van der Waals surface area contributed by atoms with Crippen LogP contribution in [0.3, 0.4) is 0 Å². The van der Waals surface area contributed by atoms with Crippen molar-refractivity contribution in [2.45, 2.75) is 32.7 Å². The van der Waals surface area contributed by atoms with Crippen molar-refractivity contribution in [3.63, 3.8) is 0 Å². The maximum atomic E-state index is 13.1. The average Bonchev–Trinajstić information content (AvgIpc) is 3.37. The van der Waals surface area contributed by atoms with Crippen LogP contribution in [-0.2, 0) is 4.79 Å². The van der Waals surface area contributed by atoms with Crippen molar-refractivity contribution < 1.29 is 18.8 Å². The first-order valence-electron chi connectivity index (χ1n) is 9.52. The van der Waals surface area contributed by atoms with E-state index in [0.29, 0.717) is 29.4 Å².